The second-order valence-corrected chi connectivity index (χ2v) is 7.72. The lowest BCUT2D eigenvalue weighted by molar-refractivity contribution is -0.137. The van der Waals surface area contributed by atoms with Gasteiger partial charge in [-0.3, -0.25) is 4.72 Å². The van der Waals surface area contributed by atoms with Crippen LogP contribution in [-0.2, 0) is 16.2 Å². The highest BCUT2D eigenvalue weighted by atomic mass is 32.2. The van der Waals surface area contributed by atoms with E-state index < -0.39 is 21.8 Å². The molecule has 0 fully saturated rings. The van der Waals surface area contributed by atoms with E-state index in [1.54, 1.807) is 19.1 Å². The van der Waals surface area contributed by atoms with E-state index in [9.17, 15) is 21.6 Å². The normalized spacial score (nSPS) is 11.7. The van der Waals surface area contributed by atoms with Crippen molar-refractivity contribution in [2.45, 2.75) is 13.1 Å². The molecule has 2 aromatic carbocycles. The van der Waals surface area contributed by atoms with Crippen LogP contribution in [0.15, 0.2) is 42.5 Å². The maximum atomic E-state index is 12.8. The molecule has 0 aliphatic heterocycles. The third-order valence-electron chi connectivity index (χ3n) is 3.24. The first-order valence-electron chi connectivity index (χ1n) is 7.28. The van der Waals surface area contributed by atoms with Crippen molar-refractivity contribution in [1.82, 2.24) is 0 Å². The predicted molar refractivity (Wildman–Crippen MR) is 101 cm³/mol. The lowest BCUT2D eigenvalue weighted by Crippen LogP contribution is -2.20. The van der Waals surface area contributed by atoms with Crippen LogP contribution in [0.3, 0.4) is 0 Å². The van der Waals surface area contributed by atoms with Gasteiger partial charge in [-0.15, -0.1) is 0 Å². The molecule has 3 N–H and O–H groups in total. The van der Waals surface area contributed by atoms with Gasteiger partial charge in [0, 0.05) is 11.4 Å². The zero-order valence-corrected chi connectivity index (χ0v) is 15.4. The van der Waals surface area contributed by atoms with Crippen LogP contribution in [0.25, 0.3) is 0 Å². The Morgan fingerprint density at radius 3 is 2.35 bits per heavy atom. The summed E-state index contributed by atoms with van der Waals surface area (Å²) in [6, 6.07) is 9.45. The van der Waals surface area contributed by atoms with E-state index in [4.69, 9.17) is 12.2 Å². The van der Waals surface area contributed by atoms with Crippen LogP contribution in [-0.4, -0.2) is 19.8 Å². The van der Waals surface area contributed by atoms with Gasteiger partial charge in [-0.2, -0.15) is 13.2 Å². The van der Waals surface area contributed by atoms with E-state index in [0.29, 0.717) is 11.4 Å². The van der Waals surface area contributed by atoms with Crippen LogP contribution in [0, 0.1) is 6.92 Å². The molecule has 0 spiro atoms. The topological polar surface area (TPSA) is 70.2 Å². The summed E-state index contributed by atoms with van der Waals surface area (Å²) in [7, 11) is -3.44. The minimum atomic E-state index is -4.45. The number of thiocarbonyl (C=S) groups is 1. The van der Waals surface area contributed by atoms with Crippen molar-refractivity contribution in [2.24, 2.45) is 0 Å². The number of nitrogens with one attached hydrogen (secondary N) is 3. The number of halogens is 3. The van der Waals surface area contributed by atoms with Gasteiger partial charge in [0.25, 0.3) is 0 Å². The molecule has 140 valence electrons. The van der Waals surface area contributed by atoms with Gasteiger partial charge in [0.05, 0.1) is 17.5 Å². The van der Waals surface area contributed by atoms with Crippen molar-refractivity contribution in [3.8, 4) is 0 Å². The van der Waals surface area contributed by atoms with Crippen LogP contribution in [0.4, 0.5) is 30.2 Å². The summed E-state index contributed by atoms with van der Waals surface area (Å²) in [6.45, 7) is 1.78. The first kappa shape index (κ1) is 20.0. The SMILES string of the molecule is Cc1ccc(NS(C)(=O)=O)cc1NC(=S)Nc1cccc(C(F)(F)F)c1. The molecule has 2 rings (SSSR count). The van der Waals surface area contributed by atoms with Gasteiger partial charge in [0.2, 0.25) is 10.0 Å². The van der Waals surface area contributed by atoms with Crippen molar-refractivity contribution in [2.75, 3.05) is 21.6 Å². The highest BCUT2D eigenvalue weighted by molar-refractivity contribution is 7.92. The Morgan fingerprint density at radius 2 is 1.73 bits per heavy atom. The van der Waals surface area contributed by atoms with Gasteiger partial charge >= 0.3 is 6.18 Å². The van der Waals surface area contributed by atoms with Crippen LogP contribution in [0.1, 0.15) is 11.1 Å². The van der Waals surface area contributed by atoms with Crippen LogP contribution >= 0.6 is 12.2 Å². The van der Waals surface area contributed by atoms with Crippen molar-refractivity contribution in [3.05, 3.63) is 53.6 Å². The maximum absolute atomic E-state index is 12.8. The van der Waals surface area contributed by atoms with Gasteiger partial charge in [-0.25, -0.2) is 8.42 Å². The van der Waals surface area contributed by atoms with E-state index in [1.165, 1.54) is 18.2 Å². The Bertz CT molecular complexity index is 929. The largest absolute Gasteiger partial charge is 0.416 e. The summed E-state index contributed by atoms with van der Waals surface area (Å²) in [6.07, 6.45) is -3.42. The second kappa shape index (κ2) is 7.50. The highest BCUT2D eigenvalue weighted by Crippen LogP contribution is 2.30. The molecule has 2 aromatic rings. The summed E-state index contributed by atoms with van der Waals surface area (Å²) in [5.74, 6) is 0. The van der Waals surface area contributed by atoms with Crippen molar-refractivity contribution in [3.63, 3.8) is 0 Å². The number of sulfonamides is 1. The Labute approximate surface area is 154 Å². The third kappa shape index (κ3) is 5.88. The molecule has 0 aromatic heterocycles. The minimum Gasteiger partial charge on any atom is -0.332 e. The minimum absolute atomic E-state index is 0.0731. The fourth-order valence-electron chi connectivity index (χ4n) is 2.09. The van der Waals surface area contributed by atoms with Gasteiger partial charge in [-0.1, -0.05) is 12.1 Å². The first-order chi connectivity index (χ1) is 11.9. The lowest BCUT2D eigenvalue weighted by atomic mass is 10.2. The number of hydrogen-bond donors (Lipinski definition) is 3. The van der Waals surface area contributed by atoms with E-state index in [2.05, 4.69) is 15.4 Å². The van der Waals surface area contributed by atoms with Crippen LogP contribution in [0.5, 0.6) is 0 Å². The zero-order chi connectivity index (χ0) is 19.5. The number of alkyl halides is 3. The smallest absolute Gasteiger partial charge is 0.332 e. The number of benzene rings is 2. The second-order valence-electron chi connectivity index (χ2n) is 5.56. The number of anilines is 3. The lowest BCUT2D eigenvalue weighted by Gasteiger charge is -2.15. The summed E-state index contributed by atoms with van der Waals surface area (Å²) < 4.78 is 63.2. The molecule has 0 atom stereocenters. The number of aryl methyl sites for hydroxylation is 1. The predicted octanol–water partition coefficient (Wildman–Crippen LogP) is 4.19. The van der Waals surface area contributed by atoms with Gasteiger partial charge in [0.1, 0.15) is 0 Å². The molecule has 0 aliphatic rings. The number of hydrogen-bond acceptors (Lipinski definition) is 3. The summed E-state index contributed by atoms with van der Waals surface area (Å²) in [5.41, 5.74) is 1.02. The van der Waals surface area contributed by atoms with Crippen molar-refractivity contribution in [1.29, 1.82) is 0 Å². The zero-order valence-electron chi connectivity index (χ0n) is 13.8. The summed E-state index contributed by atoms with van der Waals surface area (Å²) in [4.78, 5) is 0. The number of rotatable bonds is 4. The molecule has 0 saturated carbocycles. The Morgan fingerprint density at radius 1 is 1.04 bits per heavy atom. The van der Waals surface area contributed by atoms with E-state index in [1.807, 2.05) is 0 Å². The molecule has 0 radical (unpaired) electrons. The first-order valence-corrected chi connectivity index (χ1v) is 9.58. The van der Waals surface area contributed by atoms with E-state index in [0.717, 1.165) is 24.0 Å². The molecule has 0 aliphatic carbocycles. The Kier molecular flexibility index (Phi) is 5.77. The molecular weight excluding hydrogens is 387 g/mol. The fourth-order valence-corrected chi connectivity index (χ4v) is 2.88. The van der Waals surface area contributed by atoms with Crippen molar-refractivity contribution >= 4 is 44.4 Å². The fraction of sp³-hybridized carbons (Fsp3) is 0.188. The van der Waals surface area contributed by atoms with Crippen LogP contribution < -0.4 is 15.4 Å². The van der Waals surface area contributed by atoms with E-state index in [-0.39, 0.29) is 10.8 Å². The molecule has 0 bridgehead atoms. The standard InChI is InChI=1S/C16H16F3N3O2S2/c1-10-6-7-13(22-26(2,23)24)9-14(10)21-15(25)20-12-5-3-4-11(8-12)16(17,18)19/h3-9,22H,1-2H3,(H2,20,21,25). The third-order valence-corrected chi connectivity index (χ3v) is 4.05. The summed E-state index contributed by atoms with van der Waals surface area (Å²) in [5, 5.41) is 5.60. The molecule has 0 saturated heterocycles. The van der Waals surface area contributed by atoms with Gasteiger partial charge in [0.15, 0.2) is 5.11 Å². The Hall–Kier alpha value is -2.33. The molecule has 0 heterocycles. The van der Waals surface area contributed by atoms with E-state index >= 15 is 0 Å². The highest BCUT2D eigenvalue weighted by Gasteiger charge is 2.30. The van der Waals surface area contributed by atoms with Gasteiger partial charge < -0.3 is 10.6 Å². The van der Waals surface area contributed by atoms with Crippen molar-refractivity contribution < 1.29 is 21.6 Å². The molecule has 26 heavy (non-hydrogen) atoms. The van der Waals surface area contributed by atoms with Crippen LogP contribution in [0.2, 0.25) is 0 Å². The Balaban J connectivity index is 2.14. The van der Waals surface area contributed by atoms with Gasteiger partial charge in [-0.05, 0) is 55.0 Å². The summed E-state index contributed by atoms with van der Waals surface area (Å²) >= 11 is 5.13. The quantitative estimate of drug-likeness (QED) is 0.668. The molecular formula is C16H16F3N3O2S2. The monoisotopic (exact) mass is 403 g/mol. The maximum Gasteiger partial charge on any atom is 0.416 e. The average molecular weight is 403 g/mol. The molecule has 5 nitrogen and oxygen atoms in total. The average Bonchev–Trinajstić information content (AvgIpc) is 2.48. The molecule has 0 amide bonds. The molecule has 0 unspecified atom stereocenters. The molecule has 10 heteroatoms.